The van der Waals surface area contributed by atoms with Crippen LogP contribution in [0, 0.1) is 5.41 Å². The molecule has 142 valence electrons. The second kappa shape index (κ2) is 9.74. The third-order valence-electron chi connectivity index (χ3n) is 5.04. The Bertz CT molecular complexity index is 546. The number of nitrogens with two attached hydrogens (primary N) is 1. The lowest BCUT2D eigenvalue weighted by Gasteiger charge is -2.34. The quantitative estimate of drug-likeness (QED) is 0.854. The van der Waals surface area contributed by atoms with Gasteiger partial charge in [-0.25, -0.2) is 0 Å². The van der Waals surface area contributed by atoms with E-state index in [4.69, 9.17) is 10.5 Å². The second-order valence-electron chi connectivity index (χ2n) is 7.10. The molecule has 0 radical (unpaired) electrons. The molecule has 2 unspecified atom stereocenters. The first-order valence-electron chi connectivity index (χ1n) is 8.46. The van der Waals surface area contributed by atoms with Crippen LogP contribution in [0.4, 0.5) is 0 Å². The molecule has 0 aromatic heterocycles. The standard InChI is InChI=1S/C18H27N3O2.2ClH/c1-18(13-19)7-8-21(14-18)17(22)16-12-20(9-10-23-16)11-15-5-3-2-4-6-15;;/h2-6,16H,7-14,19H2,1H3;2*1H. The molecule has 5 nitrogen and oxygen atoms in total. The minimum atomic E-state index is -0.340. The van der Waals surface area contributed by atoms with E-state index < -0.39 is 0 Å². The molecule has 0 saturated carbocycles. The van der Waals surface area contributed by atoms with Gasteiger partial charge in [0.05, 0.1) is 6.61 Å². The van der Waals surface area contributed by atoms with Gasteiger partial charge in [-0.3, -0.25) is 9.69 Å². The van der Waals surface area contributed by atoms with Gasteiger partial charge >= 0.3 is 0 Å². The molecule has 1 aromatic rings. The van der Waals surface area contributed by atoms with Crippen molar-refractivity contribution in [2.24, 2.45) is 11.1 Å². The van der Waals surface area contributed by atoms with E-state index in [-0.39, 0.29) is 42.2 Å². The smallest absolute Gasteiger partial charge is 0.253 e. The van der Waals surface area contributed by atoms with Crippen molar-refractivity contribution < 1.29 is 9.53 Å². The van der Waals surface area contributed by atoms with Gasteiger partial charge in [0.1, 0.15) is 6.10 Å². The molecule has 1 aromatic carbocycles. The van der Waals surface area contributed by atoms with E-state index in [2.05, 4.69) is 36.1 Å². The van der Waals surface area contributed by atoms with Crippen molar-refractivity contribution in [3.8, 4) is 0 Å². The minimum absolute atomic E-state index is 0. The molecule has 0 aliphatic carbocycles. The Labute approximate surface area is 162 Å². The van der Waals surface area contributed by atoms with Crippen molar-refractivity contribution >= 4 is 30.7 Å². The van der Waals surface area contributed by atoms with Crippen molar-refractivity contribution in [2.75, 3.05) is 39.3 Å². The summed E-state index contributed by atoms with van der Waals surface area (Å²) in [6.07, 6.45) is 0.642. The van der Waals surface area contributed by atoms with Gasteiger partial charge in [0.15, 0.2) is 0 Å². The van der Waals surface area contributed by atoms with Crippen molar-refractivity contribution in [1.82, 2.24) is 9.80 Å². The molecule has 2 aliphatic rings. The van der Waals surface area contributed by atoms with Crippen molar-refractivity contribution in [2.45, 2.75) is 26.0 Å². The summed E-state index contributed by atoms with van der Waals surface area (Å²) in [5, 5.41) is 0. The Morgan fingerprint density at radius 2 is 2.00 bits per heavy atom. The molecule has 2 saturated heterocycles. The summed E-state index contributed by atoms with van der Waals surface area (Å²) in [6.45, 7) is 7.36. The Kier molecular flexibility index (Phi) is 8.64. The normalized spacial score (nSPS) is 26.6. The second-order valence-corrected chi connectivity index (χ2v) is 7.10. The van der Waals surface area contributed by atoms with Crippen LogP contribution in [0.2, 0.25) is 0 Å². The number of ether oxygens (including phenoxy) is 1. The van der Waals surface area contributed by atoms with Crippen LogP contribution in [0.3, 0.4) is 0 Å². The number of carbonyl (C=O) groups excluding carboxylic acids is 1. The fourth-order valence-corrected chi connectivity index (χ4v) is 3.42. The fraction of sp³-hybridized carbons (Fsp3) is 0.611. The monoisotopic (exact) mass is 389 g/mol. The highest BCUT2D eigenvalue weighted by molar-refractivity contribution is 5.85. The predicted octanol–water partition coefficient (Wildman–Crippen LogP) is 1.93. The maximum absolute atomic E-state index is 12.7. The van der Waals surface area contributed by atoms with Crippen LogP contribution < -0.4 is 5.73 Å². The van der Waals surface area contributed by atoms with Crippen molar-refractivity contribution in [3.63, 3.8) is 0 Å². The lowest BCUT2D eigenvalue weighted by molar-refractivity contribution is -0.149. The van der Waals surface area contributed by atoms with Crippen LogP contribution >= 0.6 is 24.8 Å². The average molecular weight is 390 g/mol. The van der Waals surface area contributed by atoms with Crippen molar-refractivity contribution in [1.29, 1.82) is 0 Å². The van der Waals surface area contributed by atoms with Crippen LogP contribution in [-0.4, -0.2) is 61.1 Å². The molecular weight excluding hydrogens is 361 g/mol. The SMILES string of the molecule is CC1(CN)CCN(C(=O)C2CN(Cc3ccccc3)CCO2)C1.Cl.Cl. The number of benzene rings is 1. The Hall–Kier alpha value is -0.850. The van der Waals surface area contributed by atoms with Crippen LogP contribution in [0.1, 0.15) is 18.9 Å². The average Bonchev–Trinajstić information content (AvgIpc) is 2.98. The van der Waals surface area contributed by atoms with E-state index in [1.807, 2.05) is 11.0 Å². The highest BCUT2D eigenvalue weighted by atomic mass is 35.5. The summed E-state index contributed by atoms with van der Waals surface area (Å²) in [4.78, 5) is 17.0. The summed E-state index contributed by atoms with van der Waals surface area (Å²) < 4.78 is 5.76. The van der Waals surface area contributed by atoms with Crippen LogP contribution in [0.5, 0.6) is 0 Å². The third-order valence-corrected chi connectivity index (χ3v) is 5.04. The highest BCUT2D eigenvalue weighted by Crippen LogP contribution is 2.29. The third kappa shape index (κ3) is 5.56. The van der Waals surface area contributed by atoms with Crippen LogP contribution in [0.15, 0.2) is 30.3 Å². The number of halogens is 2. The van der Waals surface area contributed by atoms with Gasteiger partial charge in [0.25, 0.3) is 5.91 Å². The van der Waals surface area contributed by atoms with E-state index in [1.54, 1.807) is 0 Å². The van der Waals surface area contributed by atoms with E-state index in [1.165, 1.54) is 5.56 Å². The number of carbonyl (C=O) groups is 1. The number of amides is 1. The molecule has 2 N–H and O–H groups in total. The van der Waals surface area contributed by atoms with Gasteiger partial charge < -0.3 is 15.4 Å². The zero-order chi connectivity index (χ0) is 16.3. The number of hydrogen-bond donors (Lipinski definition) is 1. The van der Waals surface area contributed by atoms with Crippen LogP contribution in [-0.2, 0) is 16.1 Å². The molecule has 0 bridgehead atoms. The first-order chi connectivity index (χ1) is 11.1. The summed E-state index contributed by atoms with van der Waals surface area (Å²) in [6, 6.07) is 10.4. The molecule has 3 rings (SSSR count). The van der Waals surface area contributed by atoms with Gasteiger partial charge in [-0.1, -0.05) is 37.3 Å². The molecule has 2 atom stereocenters. The summed E-state index contributed by atoms with van der Waals surface area (Å²) in [5.41, 5.74) is 7.18. The topological polar surface area (TPSA) is 58.8 Å². The summed E-state index contributed by atoms with van der Waals surface area (Å²) in [5.74, 6) is 0.125. The molecule has 2 heterocycles. The molecule has 0 spiro atoms. The van der Waals surface area contributed by atoms with Gasteiger partial charge in [-0.15, -0.1) is 24.8 Å². The zero-order valence-corrected chi connectivity index (χ0v) is 16.4. The maximum Gasteiger partial charge on any atom is 0.253 e. The Morgan fingerprint density at radius 3 is 2.64 bits per heavy atom. The largest absolute Gasteiger partial charge is 0.366 e. The van der Waals surface area contributed by atoms with Crippen LogP contribution in [0.25, 0.3) is 0 Å². The van der Waals surface area contributed by atoms with Gasteiger partial charge in [0.2, 0.25) is 0 Å². The Balaban J connectivity index is 0.00000156. The van der Waals surface area contributed by atoms with E-state index in [9.17, 15) is 4.79 Å². The minimum Gasteiger partial charge on any atom is -0.366 e. The van der Waals surface area contributed by atoms with E-state index in [0.717, 1.165) is 32.6 Å². The number of nitrogens with zero attached hydrogens (tertiary/aromatic N) is 2. The maximum atomic E-state index is 12.7. The van der Waals surface area contributed by atoms with E-state index in [0.29, 0.717) is 19.7 Å². The molecule has 7 heteroatoms. The Morgan fingerprint density at radius 1 is 1.28 bits per heavy atom. The molecular formula is C18H29Cl2N3O2. The number of likely N-dealkylation sites (tertiary alicyclic amines) is 1. The van der Waals surface area contributed by atoms with Crippen molar-refractivity contribution in [3.05, 3.63) is 35.9 Å². The first-order valence-corrected chi connectivity index (χ1v) is 8.46. The lowest BCUT2D eigenvalue weighted by atomic mass is 9.90. The van der Waals surface area contributed by atoms with Gasteiger partial charge in [-0.2, -0.15) is 0 Å². The summed E-state index contributed by atoms with van der Waals surface area (Å²) >= 11 is 0. The first kappa shape index (κ1) is 22.2. The van der Waals surface area contributed by atoms with Gasteiger partial charge in [-0.05, 0) is 23.9 Å². The zero-order valence-electron chi connectivity index (χ0n) is 14.7. The number of rotatable bonds is 4. The van der Waals surface area contributed by atoms with E-state index >= 15 is 0 Å². The fourth-order valence-electron chi connectivity index (χ4n) is 3.42. The lowest BCUT2D eigenvalue weighted by Crippen LogP contribution is -2.50. The molecule has 1 amide bonds. The molecule has 2 fully saturated rings. The molecule has 25 heavy (non-hydrogen) atoms. The van der Waals surface area contributed by atoms with Gasteiger partial charge in [0, 0.05) is 32.7 Å². The summed E-state index contributed by atoms with van der Waals surface area (Å²) in [7, 11) is 0. The highest BCUT2D eigenvalue weighted by Gasteiger charge is 2.38. The number of morpholine rings is 1. The number of hydrogen-bond acceptors (Lipinski definition) is 4. The molecule has 2 aliphatic heterocycles. The predicted molar refractivity (Wildman–Crippen MR) is 104 cm³/mol.